The molecule has 1 amide bonds. The van der Waals surface area contributed by atoms with Crippen LogP contribution >= 0.6 is 0 Å². The smallest absolute Gasteiger partial charge is 0.445 e. The maximum atomic E-state index is 15.7. The van der Waals surface area contributed by atoms with Crippen LogP contribution in [0.25, 0.3) is 0 Å². The molecule has 64 heavy (non-hydrogen) atoms. The Bertz CT molecular complexity index is 2080. The van der Waals surface area contributed by atoms with E-state index in [0.717, 1.165) is 5.32 Å². The first-order valence-corrected chi connectivity index (χ1v) is 14.6. The average Bonchev–Trinajstić information content (AvgIpc) is 3.10. The summed E-state index contributed by atoms with van der Waals surface area (Å²) < 4.78 is 412. The van der Waals surface area contributed by atoms with Crippen molar-refractivity contribution in [3.8, 4) is 0 Å². The Morgan fingerprint density at radius 3 is 1.09 bits per heavy atom. The zero-order valence-corrected chi connectivity index (χ0v) is 29.2. The van der Waals surface area contributed by atoms with Crippen LogP contribution < -0.4 is 5.32 Å². The van der Waals surface area contributed by atoms with E-state index in [0.29, 0.717) is 13.0 Å². The number of aryl methyl sites for hydroxylation is 1. The lowest BCUT2D eigenvalue weighted by atomic mass is 9.82. The van der Waals surface area contributed by atoms with Crippen LogP contribution in [0.5, 0.6) is 0 Å². The van der Waals surface area contributed by atoms with Crippen LogP contribution in [0.15, 0.2) is 16.1 Å². The number of isocyanates is 2. The summed E-state index contributed by atoms with van der Waals surface area (Å²) in [5.41, 5.74) is -12.1. The van der Waals surface area contributed by atoms with Crippen LogP contribution in [0.1, 0.15) is 28.4 Å². The minimum absolute atomic E-state index is 0.0264. The van der Waals surface area contributed by atoms with Gasteiger partial charge in [-0.3, -0.25) is 9.59 Å². The zero-order chi connectivity index (χ0) is 51.7. The summed E-state index contributed by atoms with van der Waals surface area (Å²) in [7, 11) is 0. The summed E-state index contributed by atoms with van der Waals surface area (Å²) in [6.45, 7) is -0.931. The van der Waals surface area contributed by atoms with E-state index >= 15 is 17.6 Å². The standard InChI is InChI=1S/C27H10F29N3O5/c1-7-3-9(57-4-60)12(58-5-61)11(10(7)13(63)59-6-64-8(2)62)14(28,29)15(30,31)16(32,33)17(34,35)18(36,37)19(38,39)20(40,41)21(42,43)22(44,45)23(46,47)24(48,49)25(50,51)26(52,53)27(54,55)56/h3H,6H2,1-2H3,(H,59,63). The molecule has 37 heteroatoms. The Kier molecular flexibility index (Phi) is 14.3. The molecule has 0 aliphatic heterocycles. The lowest BCUT2D eigenvalue weighted by Gasteiger charge is -2.46. The summed E-state index contributed by atoms with van der Waals surface area (Å²) >= 11 is 0. The van der Waals surface area contributed by atoms with Crippen molar-refractivity contribution >= 4 is 35.4 Å². The number of alkyl halides is 29. The normalized spacial score (nSPS) is 15.0. The van der Waals surface area contributed by atoms with Gasteiger partial charge >= 0.3 is 89.1 Å². The number of halogens is 29. The highest BCUT2D eigenvalue weighted by Gasteiger charge is 3.01. The van der Waals surface area contributed by atoms with Gasteiger partial charge in [0.05, 0.1) is 11.1 Å². The van der Waals surface area contributed by atoms with Crippen molar-refractivity contribution in [1.29, 1.82) is 0 Å². The van der Waals surface area contributed by atoms with E-state index in [1.165, 1.54) is 0 Å². The fourth-order valence-electron chi connectivity index (χ4n) is 4.48. The molecule has 0 saturated heterocycles. The third-order valence-corrected chi connectivity index (χ3v) is 7.94. The van der Waals surface area contributed by atoms with Crippen LogP contribution in [0.2, 0.25) is 0 Å². The van der Waals surface area contributed by atoms with E-state index in [1.807, 2.05) is 0 Å². The zero-order valence-electron chi connectivity index (χ0n) is 29.2. The predicted molar refractivity (Wildman–Crippen MR) is 140 cm³/mol. The summed E-state index contributed by atoms with van der Waals surface area (Å²) in [6, 6.07) is -0.0264. The van der Waals surface area contributed by atoms with Crippen molar-refractivity contribution < 1.29 is 151 Å². The molecule has 0 atom stereocenters. The van der Waals surface area contributed by atoms with Gasteiger partial charge in [-0.15, -0.1) is 0 Å². The fourth-order valence-corrected chi connectivity index (χ4v) is 4.48. The van der Waals surface area contributed by atoms with Gasteiger partial charge in [-0.1, -0.05) is 0 Å². The molecule has 0 aliphatic rings. The first-order chi connectivity index (χ1) is 27.9. The van der Waals surface area contributed by atoms with E-state index < -0.39 is 130 Å². The van der Waals surface area contributed by atoms with Crippen molar-refractivity contribution in [2.45, 2.75) is 97.0 Å². The van der Waals surface area contributed by atoms with Gasteiger partial charge in [-0.2, -0.15) is 137 Å². The maximum absolute atomic E-state index is 15.7. The number of benzene rings is 1. The Labute approximate surface area is 329 Å². The van der Waals surface area contributed by atoms with Gasteiger partial charge in [0.1, 0.15) is 11.4 Å². The fraction of sp³-hybridized carbons (Fsp3) is 0.630. The largest absolute Gasteiger partial charge is 0.460 e. The van der Waals surface area contributed by atoms with Crippen molar-refractivity contribution in [3.63, 3.8) is 0 Å². The molecule has 1 aromatic rings. The van der Waals surface area contributed by atoms with Gasteiger partial charge in [0, 0.05) is 6.92 Å². The second-order valence-corrected chi connectivity index (χ2v) is 12.0. The highest BCUT2D eigenvalue weighted by Crippen LogP contribution is 2.69. The van der Waals surface area contributed by atoms with Crippen molar-refractivity contribution in [2.24, 2.45) is 9.98 Å². The Hall–Kier alpha value is -5.11. The van der Waals surface area contributed by atoms with E-state index in [4.69, 9.17) is 0 Å². The number of hydrogen-bond donors (Lipinski definition) is 1. The average molecular weight is 1010 g/mol. The highest BCUT2D eigenvalue weighted by atomic mass is 19.4. The van der Waals surface area contributed by atoms with Crippen LogP contribution in [-0.4, -0.2) is 108 Å². The minimum atomic E-state index is -10.1. The molecule has 1 rings (SSSR count). The third kappa shape index (κ3) is 7.50. The van der Waals surface area contributed by atoms with Crippen LogP contribution in [-0.2, 0) is 25.0 Å². The lowest BCUT2D eigenvalue weighted by molar-refractivity contribution is -0.487. The van der Waals surface area contributed by atoms with Crippen molar-refractivity contribution in [2.75, 3.05) is 6.73 Å². The number of aliphatic imine (C=N–C) groups is 2. The number of amides is 1. The number of ether oxygens (including phenoxy) is 1. The first-order valence-electron chi connectivity index (χ1n) is 14.6. The molecule has 0 radical (unpaired) electrons. The molecule has 1 N–H and O–H groups in total. The molecule has 0 fully saturated rings. The molecule has 0 spiro atoms. The SMILES string of the molecule is CC(=O)OCNC(=O)c1c(C)cc(N=C=O)c(N=C=O)c1C(F)(F)C(F)(F)C(F)(F)C(F)(F)C(F)(F)C(F)(F)C(F)(F)C(F)(F)C(F)(F)C(F)(F)C(F)(F)C(F)(F)C(F)(F)C(F)(F)F. The Balaban J connectivity index is 4.34. The predicted octanol–water partition coefficient (Wildman–Crippen LogP) is 10.5. The summed E-state index contributed by atoms with van der Waals surface area (Å²) in [4.78, 5) is 49.7. The molecular formula is C27H10F29N3O5. The third-order valence-electron chi connectivity index (χ3n) is 7.94. The number of nitrogens with zero attached hydrogens (tertiary/aromatic N) is 2. The van der Waals surface area contributed by atoms with E-state index in [2.05, 4.69) is 14.7 Å². The van der Waals surface area contributed by atoms with Gasteiger partial charge in [0.15, 0.2) is 6.73 Å². The second kappa shape index (κ2) is 16.1. The molecule has 1 aromatic carbocycles. The summed E-state index contributed by atoms with van der Waals surface area (Å²) in [6.07, 6.45) is -7.94. The number of esters is 1. The van der Waals surface area contributed by atoms with Crippen molar-refractivity contribution in [3.05, 3.63) is 22.8 Å². The minimum Gasteiger partial charge on any atom is -0.445 e. The van der Waals surface area contributed by atoms with Crippen LogP contribution in [0, 0.1) is 6.92 Å². The molecule has 0 heterocycles. The van der Waals surface area contributed by atoms with Gasteiger partial charge < -0.3 is 10.1 Å². The molecule has 0 unspecified atom stereocenters. The Morgan fingerprint density at radius 2 is 0.812 bits per heavy atom. The highest BCUT2D eigenvalue weighted by molar-refractivity contribution is 6.00. The quantitative estimate of drug-likeness (QED) is 0.0517. The van der Waals surface area contributed by atoms with E-state index in [9.17, 15) is 129 Å². The maximum Gasteiger partial charge on any atom is 0.460 e. The molecule has 0 aliphatic carbocycles. The van der Waals surface area contributed by atoms with E-state index in [1.54, 1.807) is 0 Å². The molecule has 0 bridgehead atoms. The topological polar surface area (TPSA) is 114 Å². The van der Waals surface area contributed by atoms with Gasteiger partial charge in [-0.05, 0) is 18.6 Å². The van der Waals surface area contributed by atoms with E-state index in [-0.39, 0.29) is 19.1 Å². The number of carbonyl (C=O) groups excluding carboxylic acids is 4. The van der Waals surface area contributed by atoms with Gasteiger partial charge in [-0.25, -0.2) is 9.59 Å². The molecular weight excluding hydrogens is 997 g/mol. The second-order valence-electron chi connectivity index (χ2n) is 12.0. The monoisotopic (exact) mass is 1010 g/mol. The van der Waals surface area contributed by atoms with Crippen LogP contribution in [0.4, 0.5) is 139 Å². The number of rotatable bonds is 18. The lowest BCUT2D eigenvalue weighted by Crippen LogP contribution is -2.79. The van der Waals surface area contributed by atoms with Gasteiger partial charge in [0.25, 0.3) is 5.91 Å². The molecule has 366 valence electrons. The number of hydrogen-bond acceptors (Lipinski definition) is 7. The molecule has 0 aromatic heterocycles. The Morgan fingerprint density at radius 1 is 0.516 bits per heavy atom. The first kappa shape index (κ1) is 56.9. The van der Waals surface area contributed by atoms with Gasteiger partial charge in [0.2, 0.25) is 12.2 Å². The molecule has 8 nitrogen and oxygen atoms in total. The van der Waals surface area contributed by atoms with Crippen LogP contribution in [0.3, 0.4) is 0 Å². The summed E-state index contributed by atoms with van der Waals surface area (Å²) in [5.74, 6) is -128. The number of nitrogens with one attached hydrogen (secondary N) is 1. The molecule has 0 saturated carbocycles. The van der Waals surface area contributed by atoms with Crippen molar-refractivity contribution in [1.82, 2.24) is 5.32 Å². The summed E-state index contributed by atoms with van der Waals surface area (Å²) in [5, 5.41) is 1.15. The number of carbonyl (C=O) groups is 2.